The number of halogens is 1. The fourth-order valence-electron chi connectivity index (χ4n) is 2.10. The SMILES string of the molecule is Clc1cccc(CN(Cc2cccs2)C2CC2)n1. The highest BCUT2D eigenvalue weighted by Gasteiger charge is 2.29. The van der Waals surface area contributed by atoms with Gasteiger partial charge in [-0.25, -0.2) is 4.98 Å². The van der Waals surface area contributed by atoms with Gasteiger partial charge in [-0.05, 0) is 36.4 Å². The second kappa shape index (κ2) is 5.39. The monoisotopic (exact) mass is 278 g/mol. The molecule has 1 fully saturated rings. The Kier molecular flexibility index (Phi) is 3.64. The van der Waals surface area contributed by atoms with E-state index in [1.165, 1.54) is 17.7 Å². The van der Waals surface area contributed by atoms with E-state index in [1.54, 1.807) is 0 Å². The van der Waals surface area contributed by atoms with Crippen LogP contribution in [0.25, 0.3) is 0 Å². The van der Waals surface area contributed by atoms with Crippen LogP contribution in [0.4, 0.5) is 0 Å². The van der Waals surface area contributed by atoms with E-state index in [0.717, 1.165) is 24.8 Å². The normalized spacial score (nSPS) is 15.2. The van der Waals surface area contributed by atoms with Crippen LogP contribution >= 0.6 is 22.9 Å². The van der Waals surface area contributed by atoms with Crippen molar-refractivity contribution in [3.05, 3.63) is 51.4 Å². The van der Waals surface area contributed by atoms with Gasteiger partial charge < -0.3 is 0 Å². The molecule has 0 radical (unpaired) electrons. The minimum absolute atomic E-state index is 0.583. The molecule has 4 heteroatoms. The van der Waals surface area contributed by atoms with E-state index < -0.39 is 0 Å². The maximum atomic E-state index is 5.94. The molecule has 0 aliphatic heterocycles. The molecule has 0 spiro atoms. The van der Waals surface area contributed by atoms with Gasteiger partial charge in [0.05, 0.1) is 5.69 Å². The summed E-state index contributed by atoms with van der Waals surface area (Å²) in [5, 5.41) is 2.72. The fraction of sp³-hybridized carbons (Fsp3) is 0.357. The Hall–Kier alpha value is -0.900. The first kappa shape index (κ1) is 12.2. The van der Waals surface area contributed by atoms with Crippen LogP contribution in [0.5, 0.6) is 0 Å². The molecular weight excluding hydrogens is 264 g/mol. The second-order valence-electron chi connectivity index (χ2n) is 4.67. The lowest BCUT2D eigenvalue weighted by Crippen LogP contribution is -2.25. The van der Waals surface area contributed by atoms with Crippen LogP contribution in [-0.4, -0.2) is 15.9 Å². The number of rotatable bonds is 5. The predicted molar refractivity (Wildman–Crippen MR) is 75.8 cm³/mol. The van der Waals surface area contributed by atoms with Crippen molar-refractivity contribution >= 4 is 22.9 Å². The van der Waals surface area contributed by atoms with E-state index in [0.29, 0.717) is 5.15 Å². The summed E-state index contributed by atoms with van der Waals surface area (Å²) >= 11 is 7.76. The summed E-state index contributed by atoms with van der Waals surface area (Å²) in [6.45, 7) is 1.92. The first-order chi connectivity index (χ1) is 8.81. The van der Waals surface area contributed by atoms with Gasteiger partial charge >= 0.3 is 0 Å². The van der Waals surface area contributed by atoms with Gasteiger partial charge in [-0.3, -0.25) is 4.90 Å². The molecule has 0 bridgehead atoms. The number of thiophene rings is 1. The highest BCUT2D eigenvalue weighted by Crippen LogP contribution is 2.30. The summed E-state index contributed by atoms with van der Waals surface area (Å²) in [5.74, 6) is 0. The van der Waals surface area contributed by atoms with Gasteiger partial charge in [-0.15, -0.1) is 11.3 Å². The molecule has 0 saturated heterocycles. The van der Waals surface area contributed by atoms with Crippen molar-refractivity contribution in [1.82, 2.24) is 9.88 Å². The van der Waals surface area contributed by atoms with Crippen LogP contribution in [0.15, 0.2) is 35.7 Å². The molecule has 0 atom stereocenters. The Balaban J connectivity index is 1.70. The molecule has 2 aromatic rings. The molecule has 0 N–H and O–H groups in total. The molecule has 0 unspecified atom stereocenters. The van der Waals surface area contributed by atoms with E-state index >= 15 is 0 Å². The van der Waals surface area contributed by atoms with Crippen LogP contribution in [0.1, 0.15) is 23.4 Å². The third-order valence-corrected chi connectivity index (χ3v) is 4.21. The molecule has 18 heavy (non-hydrogen) atoms. The van der Waals surface area contributed by atoms with E-state index in [4.69, 9.17) is 11.6 Å². The Morgan fingerprint density at radius 2 is 2.11 bits per heavy atom. The molecular formula is C14H15ClN2S. The smallest absolute Gasteiger partial charge is 0.129 e. The maximum absolute atomic E-state index is 5.94. The van der Waals surface area contributed by atoms with Gasteiger partial charge in [0.25, 0.3) is 0 Å². The molecule has 2 aromatic heterocycles. The third kappa shape index (κ3) is 3.10. The average molecular weight is 279 g/mol. The van der Waals surface area contributed by atoms with Crippen LogP contribution < -0.4 is 0 Å². The number of aromatic nitrogens is 1. The quantitative estimate of drug-likeness (QED) is 0.770. The Bertz CT molecular complexity index is 508. The fourth-order valence-corrected chi connectivity index (χ4v) is 3.01. The standard InChI is InChI=1S/C14H15ClN2S/c15-14-5-1-3-11(16-14)9-17(12-6-7-12)10-13-4-2-8-18-13/h1-5,8,12H,6-7,9-10H2. The van der Waals surface area contributed by atoms with Gasteiger partial charge in [-0.1, -0.05) is 23.7 Å². The summed E-state index contributed by atoms with van der Waals surface area (Å²) in [6, 6.07) is 10.9. The highest BCUT2D eigenvalue weighted by atomic mass is 35.5. The van der Waals surface area contributed by atoms with E-state index in [1.807, 2.05) is 23.5 Å². The zero-order chi connectivity index (χ0) is 12.4. The minimum Gasteiger partial charge on any atom is -0.289 e. The maximum Gasteiger partial charge on any atom is 0.129 e. The molecule has 1 saturated carbocycles. The molecule has 0 amide bonds. The molecule has 0 aromatic carbocycles. The topological polar surface area (TPSA) is 16.1 Å². The number of nitrogens with zero attached hydrogens (tertiary/aromatic N) is 2. The summed E-state index contributed by atoms with van der Waals surface area (Å²) in [6.07, 6.45) is 2.62. The van der Waals surface area contributed by atoms with E-state index in [2.05, 4.69) is 33.5 Å². The molecule has 94 valence electrons. The van der Waals surface area contributed by atoms with Crippen molar-refractivity contribution in [3.63, 3.8) is 0 Å². The van der Waals surface area contributed by atoms with Gasteiger partial charge in [0.1, 0.15) is 5.15 Å². The minimum atomic E-state index is 0.583. The number of pyridine rings is 1. The first-order valence-electron chi connectivity index (χ1n) is 6.19. The lowest BCUT2D eigenvalue weighted by molar-refractivity contribution is 0.245. The van der Waals surface area contributed by atoms with Gasteiger partial charge in [0.2, 0.25) is 0 Å². The summed E-state index contributed by atoms with van der Waals surface area (Å²) in [4.78, 5) is 8.30. The first-order valence-corrected chi connectivity index (χ1v) is 7.45. The second-order valence-corrected chi connectivity index (χ2v) is 6.09. The largest absolute Gasteiger partial charge is 0.289 e. The Morgan fingerprint density at radius 1 is 1.22 bits per heavy atom. The van der Waals surface area contributed by atoms with Crippen LogP contribution in [0, 0.1) is 0 Å². The van der Waals surface area contributed by atoms with Crippen molar-refractivity contribution < 1.29 is 0 Å². The summed E-state index contributed by atoms with van der Waals surface area (Å²) < 4.78 is 0. The lowest BCUT2D eigenvalue weighted by atomic mass is 10.3. The molecule has 2 heterocycles. The van der Waals surface area contributed by atoms with Gasteiger partial charge in [0.15, 0.2) is 0 Å². The Labute approximate surface area is 116 Å². The van der Waals surface area contributed by atoms with Gasteiger partial charge in [0, 0.05) is 24.0 Å². The predicted octanol–water partition coefficient (Wildman–Crippen LogP) is 3.96. The van der Waals surface area contributed by atoms with Crippen LogP contribution in [0.2, 0.25) is 5.15 Å². The molecule has 1 aliphatic rings. The Morgan fingerprint density at radius 3 is 2.78 bits per heavy atom. The summed E-state index contributed by atoms with van der Waals surface area (Å²) in [7, 11) is 0. The molecule has 1 aliphatic carbocycles. The zero-order valence-corrected chi connectivity index (χ0v) is 11.6. The molecule has 2 nitrogen and oxygen atoms in total. The zero-order valence-electron chi connectivity index (χ0n) is 10.1. The van der Waals surface area contributed by atoms with Crippen molar-refractivity contribution in [2.75, 3.05) is 0 Å². The number of hydrogen-bond donors (Lipinski definition) is 0. The molecule has 3 rings (SSSR count). The van der Waals surface area contributed by atoms with Crippen LogP contribution in [0.3, 0.4) is 0 Å². The lowest BCUT2D eigenvalue weighted by Gasteiger charge is -2.20. The number of hydrogen-bond acceptors (Lipinski definition) is 3. The summed E-state index contributed by atoms with van der Waals surface area (Å²) in [5.41, 5.74) is 1.06. The van der Waals surface area contributed by atoms with Crippen molar-refractivity contribution in [2.45, 2.75) is 32.0 Å². The van der Waals surface area contributed by atoms with E-state index in [-0.39, 0.29) is 0 Å². The third-order valence-electron chi connectivity index (χ3n) is 3.14. The van der Waals surface area contributed by atoms with Gasteiger partial charge in [-0.2, -0.15) is 0 Å². The average Bonchev–Trinajstić information content (AvgIpc) is 3.08. The van der Waals surface area contributed by atoms with Crippen LogP contribution in [-0.2, 0) is 13.1 Å². The highest BCUT2D eigenvalue weighted by molar-refractivity contribution is 7.09. The van der Waals surface area contributed by atoms with Crippen molar-refractivity contribution in [2.24, 2.45) is 0 Å². The van der Waals surface area contributed by atoms with E-state index in [9.17, 15) is 0 Å². The van der Waals surface area contributed by atoms with Crippen molar-refractivity contribution in [3.8, 4) is 0 Å². The van der Waals surface area contributed by atoms with Crippen molar-refractivity contribution in [1.29, 1.82) is 0 Å².